The Hall–Kier alpha value is -0.210. The second kappa shape index (κ2) is 6.99. The molecule has 1 unspecified atom stereocenters. The molecule has 1 saturated carbocycles. The molecule has 2 N–H and O–H groups in total. The van der Waals surface area contributed by atoms with Crippen molar-refractivity contribution in [3.8, 4) is 0 Å². The second-order valence-corrected chi connectivity index (χ2v) is 7.11. The third-order valence-corrected chi connectivity index (χ3v) is 5.32. The van der Waals surface area contributed by atoms with Gasteiger partial charge in [0, 0.05) is 26.2 Å². The van der Waals surface area contributed by atoms with E-state index in [0.29, 0.717) is 25.6 Å². The van der Waals surface area contributed by atoms with Crippen LogP contribution in [0.4, 0.5) is 0 Å². The lowest BCUT2D eigenvalue weighted by molar-refractivity contribution is 0.203. The summed E-state index contributed by atoms with van der Waals surface area (Å²) in [4.78, 5) is 0. The van der Waals surface area contributed by atoms with Gasteiger partial charge >= 0.3 is 0 Å². The predicted octanol–water partition coefficient (Wildman–Crippen LogP) is -0.0688. The highest BCUT2D eigenvalue weighted by Gasteiger charge is 2.38. The van der Waals surface area contributed by atoms with Crippen LogP contribution in [0.5, 0.6) is 0 Å². The summed E-state index contributed by atoms with van der Waals surface area (Å²) in [6, 6.07) is 0.210. The number of hydrogen-bond donors (Lipinski definition) is 2. The molecule has 2 fully saturated rings. The van der Waals surface area contributed by atoms with Crippen molar-refractivity contribution in [3.63, 3.8) is 0 Å². The van der Waals surface area contributed by atoms with Crippen LogP contribution in [-0.2, 0) is 14.9 Å². The van der Waals surface area contributed by atoms with Crippen LogP contribution in [0.1, 0.15) is 25.7 Å². The van der Waals surface area contributed by atoms with Crippen LogP contribution in [0, 0.1) is 5.92 Å². The van der Waals surface area contributed by atoms with E-state index in [2.05, 4.69) is 10.0 Å². The Morgan fingerprint density at radius 3 is 2.74 bits per heavy atom. The summed E-state index contributed by atoms with van der Waals surface area (Å²) < 4.78 is 33.8. The lowest BCUT2D eigenvalue weighted by atomic mass is 10.00. The standard InChI is InChI=1S/C12H25N3O3S/c1-18-8-7-14-19(16,17)15(12-4-5-12)10-11-3-2-6-13-9-11/h11-14H,2-10H2,1H3. The van der Waals surface area contributed by atoms with Gasteiger partial charge in [-0.05, 0) is 44.7 Å². The number of methoxy groups -OCH3 is 1. The van der Waals surface area contributed by atoms with Crippen molar-refractivity contribution in [2.24, 2.45) is 5.92 Å². The van der Waals surface area contributed by atoms with Crippen LogP contribution < -0.4 is 10.0 Å². The Labute approximate surface area is 116 Å². The molecule has 0 aromatic rings. The molecule has 1 aliphatic heterocycles. The normalized spacial score (nSPS) is 24.8. The van der Waals surface area contributed by atoms with E-state index in [1.165, 1.54) is 0 Å². The zero-order chi connectivity index (χ0) is 13.7. The molecule has 2 aliphatic rings. The summed E-state index contributed by atoms with van der Waals surface area (Å²) in [5, 5.41) is 3.34. The van der Waals surface area contributed by atoms with Crippen LogP contribution in [0.2, 0.25) is 0 Å². The fraction of sp³-hybridized carbons (Fsp3) is 1.00. The summed E-state index contributed by atoms with van der Waals surface area (Å²) >= 11 is 0. The molecule has 1 atom stereocenters. The van der Waals surface area contributed by atoms with Gasteiger partial charge in [-0.2, -0.15) is 17.4 Å². The minimum atomic E-state index is -3.36. The fourth-order valence-electron chi connectivity index (χ4n) is 2.50. The molecule has 19 heavy (non-hydrogen) atoms. The molecule has 0 spiro atoms. The molecule has 112 valence electrons. The van der Waals surface area contributed by atoms with Crippen LogP contribution in [0.25, 0.3) is 0 Å². The van der Waals surface area contributed by atoms with Crippen molar-refractivity contribution in [1.29, 1.82) is 0 Å². The van der Waals surface area contributed by atoms with E-state index in [-0.39, 0.29) is 6.04 Å². The average Bonchev–Trinajstić information content (AvgIpc) is 3.21. The molecule has 1 saturated heterocycles. The van der Waals surface area contributed by atoms with Crippen molar-refractivity contribution >= 4 is 10.2 Å². The highest BCUT2D eigenvalue weighted by molar-refractivity contribution is 7.87. The van der Waals surface area contributed by atoms with Crippen molar-refractivity contribution in [2.75, 3.05) is 39.9 Å². The van der Waals surface area contributed by atoms with Gasteiger partial charge in [0.25, 0.3) is 10.2 Å². The van der Waals surface area contributed by atoms with Gasteiger partial charge in [-0.1, -0.05) is 0 Å². The van der Waals surface area contributed by atoms with Gasteiger partial charge in [-0.3, -0.25) is 0 Å². The molecule has 0 radical (unpaired) electrons. The Kier molecular flexibility index (Phi) is 5.58. The van der Waals surface area contributed by atoms with Crippen molar-refractivity contribution < 1.29 is 13.2 Å². The van der Waals surface area contributed by atoms with Crippen LogP contribution in [0.3, 0.4) is 0 Å². The molecular weight excluding hydrogens is 266 g/mol. The first-order chi connectivity index (χ1) is 9.13. The molecule has 0 aromatic heterocycles. The van der Waals surface area contributed by atoms with Crippen molar-refractivity contribution in [2.45, 2.75) is 31.7 Å². The maximum atomic E-state index is 12.3. The van der Waals surface area contributed by atoms with Gasteiger partial charge in [-0.15, -0.1) is 0 Å². The minimum Gasteiger partial charge on any atom is -0.383 e. The molecule has 0 amide bonds. The first-order valence-corrected chi connectivity index (χ1v) is 8.53. The number of hydrogen-bond acceptors (Lipinski definition) is 4. The zero-order valence-corrected chi connectivity index (χ0v) is 12.4. The SMILES string of the molecule is COCCNS(=O)(=O)N(CC1CCCNC1)C1CC1. The van der Waals surface area contributed by atoms with Gasteiger partial charge in [0.05, 0.1) is 6.61 Å². The van der Waals surface area contributed by atoms with Gasteiger partial charge < -0.3 is 10.1 Å². The van der Waals surface area contributed by atoms with E-state index in [0.717, 1.165) is 38.8 Å². The van der Waals surface area contributed by atoms with E-state index in [9.17, 15) is 8.42 Å². The molecular formula is C12H25N3O3S. The number of nitrogens with one attached hydrogen (secondary N) is 2. The fourth-order valence-corrected chi connectivity index (χ4v) is 4.01. The van der Waals surface area contributed by atoms with Crippen LogP contribution in [0.15, 0.2) is 0 Å². The molecule has 1 heterocycles. The highest BCUT2D eigenvalue weighted by atomic mass is 32.2. The summed E-state index contributed by atoms with van der Waals surface area (Å²) in [5.41, 5.74) is 0. The zero-order valence-electron chi connectivity index (χ0n) is 11.6. The van der Waals surface area contributed by atoms with E-state index < -0.39 is 10.2 Å². The molecule has 6 nitrogen and oxygen atoms in total. The average molecular weight is 291 g/mol. The summed E-state index contributed by atoms with van der Waals surface area (Å²) in [6.45, 7) is 3.36. The third-order valence-electron chi connectivity index (χ3n) is 3.69. The maximum absolute atomic E-state index is 12.3. The quantitative estimate of drug-likeness (QED) is 0.614. The lowest BCUT2D eigenvalue weighted by Crippen LogP contribution is -2.47. The topological polar surface area (TPSA) is 70.7 Å². The first-order valence-electron chi connectivity index (χ1n) is 7.09. The summed E-state index contributed by atoms with van der Waals surface area (Å²) in [6.07, 6.45) is 4.24. The number of nitrogens with zero attached hydrogens (tertiary/aromatic N) is 1. The molecule has 7 heteroatoms. The monoisotopic (exact) mass is 291 g/mol. The largest absolute Gasteiger partial charge is 0.383 e. The smallest absolute Gasteiger partial charge is 0.279 e. The maximum Gasteiger partial charge on any atom is 0.279 e. The van der Waals surface area contributed by atoms with E-state index in [1.807, 2.05) is 0 Å². The Morgan fingerprint density at radius 1 is 1.37 bits per heavy atom. The molecule has 0 aromatic carbocycles. The summed E-state index contributed by atoms with van der Waals surface area (Å²) in [7, 11) is -1.79. The van der Waals surface area contributed by atoms with E-state index >= 15 is 0 Å². The Bertz CT molecular complexity index is 364. The summed E-state index contributed by atoms with van der Waals surface area (Å²) in [5.74, 6) is 0.438. The lowest BCUT2D eigenvalue weighted by Gasteiger charge is -2.29. The molecule has 1 aliphatic carbocycles. The Morgan fingerprint density at radius 2 is 2.16 bits per heavy atom. The number of ether oxygens (including phenoxy) is 1. The van der Waals surface area contributed by atoms with E-state index in [1.54, 1.807) is 11.4 Å². The van der Waals surface area contributed by atoms with Gasteiger partial charge in [-0.25, -0.2) is 0 Å². The first kappa shape index (κ1) is 15.2. The number of rotatable bonds is 8. The van der Waals surface area contributed by atoms with Crippen molar-refractivity contribution in [1.82, 2.24) is 14.3 Å². The Balaban J connectivity index is 1.90. The minimum absolute atomic E-state index is 0.210. The van der Waals surface area contributed by atoms with Gasteiger partial charge in [0.1, 0.15) is 0 Å². The van der Waals surface area contributed by atoms with Crippen molar-refractivity contribution in [3.05, 3.63) is 0 Å². The van der Waals surface area contributed by atoms with E-state index in [4.69, 9.17) is 4.74 Å². The van der Waals surface area contributed by atoms with Crippen LogP contribution >= 0.6 is 0 Å². The van der Waals surface area contributed by atoms with Gasteiger partial charge in [0.15, 0.2) is 0 Å². The molecule has 0 bridgehead atoms. The van der Waals surface area contributed by atoms with Gasteiger partial charge in [0.2, 0.25) is 0 Å². The number of piperidine rings is 1. The van der Waals surface area contributed by atoms with Crippen LogP contribution in [-0.4, -0.2) is 58.7 Å². The molecule has 2 rings (SSSR count). The second-order valence-electron chi connectivity index (χ2n) is 5.41. The predicted molar refractivity (Wildman–Crippen MR) is 74.1 cm³/mol. The third kappa shape index (κ3) is 4.68. The highest BCUT2D eigenvalue weighted by Crippen LogP contribution is 2.30.